The van der Waals surface area contributed by atoms with Gasteiger partial charge in [0.05, 0.1) is 6.04 Å². The van der Waals surface area contributed by atoms with E-state index in [0.717, 1.165) is 28.8 Å². The number of allylic oxidation sites excluding steroid dienone is 1. The monoisotopic (exact) mass is 447 g/mol. The predicted octanol–water partition coefficient (Wildman–Crippen LogP) is 7.08. The van der Waals surface area contributed by atoms with Crippen LogP contribution >= 0.6 is 0 Å². The summed E-state index contributed by atoms with van der Waals surface area (Å²) in [7, 11) is 0. The Morgan fingerprint density at radius 3 is 2.48 bits per heavy atom. The van der Waals surface area contributed by atoms with Crippen LogP contribution in [0.5, 0.6) is 0 Å². The molecule has 0 radical (unpaired) electrons. The van der Waals surface area contributed by atoms with Gasteiger partial charge in [0.25, 0.3) is 0 Å². The zero-order valence-corrected chi connectivity index (χ0v) is 19.7. The molecule has 33 heavy (non-hydrogen) atoms. The maximum atomic E-state index is 14.8. The van der Waals surface area contributed by atoms with Gasteiger partial charge in [0, 0.05) is 29.4 Å². The molecule has 1 heterocycles. The SMILES string of the molecule is C=C(N=O)C1=CN(C(CN=O)C(C)C)c2cc(CC)c(Cc3cccc(C)c3F)cc2C1=C. The van der Waals surface area contributed by atoms with E-state index in [1.807, 2.05) is 30.9 Å². The average Bonchev–Trinajstić information content (AvgIpc) is 2.80. The van der Waals surface area contributed by atoms with Crippen LogP contribution in [-0.4, -0.2) is 12.6 Å². The van der Waals surface area contributed by atoms with Crippen LogP contribution in [0.2, 0.25) is 0 Å². The van der Waals surface area contributed by atoms with E-state index in [1.165, 1.54) is 0 Å². The maximum absolute atomic E-state index is 14.8. The van der Waals surface area contributed by atoms with Crippen LogP contribution in [0.3, 0.4) is 0 Å². The highest BCUT2D eigenvalue weighted by atomic mass is 19.1. The number of nitroso groups, excluding NO2 is 2. The summed E-state index contributed by atoms with van der Waals surface area (Å²) in [5, 5.41) is 6.19. The van der Waals surface area contributed by atoms with Crippen LogP contribution in [0.15, 0.2) is 71.3 Å². The first kappa shape index (κ1) is 24.2. The molecule has 2 aromatic rings. The van der Waals surface area contributed by atoms with Crippen LogP contribution < -0.4 is 4.90 Å². The molecule has 2 aromatic carbocycles. The summed E-state index contributed by atoms with van der Waals surface area (Å²) in [4.78, 5) is 24.5. The van der Waals surface area contributed by atoms with Gasteiger partial charge in [-0.2, -0.15) is 4.91 Å². The largest absolute Gasteiger partial charge is 0.341 e. The molecule has 3 rings (SSSR count). The molecule has 0 N–H and O–H groups in total. The number of rotatable bonds is 9. The fourth-order valence-corrected chi connectivity index (χ4v) is 4.38. The number of aryl methyl sites for hydroxylation is 2. The highest BCUT2D eigenvalue weighted by Gasteiger charge is 2.30. The van der Waals surface area contributed by atoms with Crippen LogP contribution in [0.4, 0.5) is 10.1 Å². The second kappa shape index (κ2) is 10.0. The zero-order chi connectivity index (χ0) is 24.3. The molecule has 1 aliphatic heterocycles. The third kappa shape index (κ3) is 4.70. The Bertz CT molecular complexity index is 1150. The van der Waals surface area contributed by atoms with Gasteiger partial charge >= 0.3 is 0 Å². The fraction of sp³-hybridized carbons (Fsp3) is 0.333. The van der Waals surface area contributed by atoms with Crippen molar-refractivity contribution in [3.63, 3.8) is 0 Å². The number of anilines is 1. The normalized spacial score (nSPS) is 14.1. The second-order valence-electron chi connectivity index (χ2n) is 8.81. The quantitative estimate of drug-likeness (QED) is 0.386. The van der Waals surface area contributed by atoms with Crippen molar-refractivity contribution in [3.8, 4) is 0 Å². The first-order valence-electron chi connectivity index (χ1n) is 11.1. The summed E-state index contributed by atoms with van der Waals surface area (Å²) in [6, 6.07) is 9.30. The van der Waals surface area contributed by atoms with E-state index in [2.05, 4.69) is 36.5 Å². The summed E-state index contributed by atoms with van der Waals surface area (Å²) in [6.07, 6.45) is 2.99. The number of hydrogen-bond acceptors (Lipinski definition) is 5. The number of halogens is 1. The van der Waals surface area contributed by atoms with Crippen molar-refractivity contribution in [1.82, 2.24) is 0 Å². The first-order chi connectivity index (χ1) is 15.7. The van der Waals surface area contributed by atoms with E-state index in [9.17, 15) is 14.2 Å². The van der Waals surface area contributed by atoms with Crippen molar-refractivity contribution < 1.29 is 4.39 Å². The second-order valence-corrected chi connectivity index (χ2v) is 8.81. The first-order valence-corrected chi connectivity index (χ1v) is 11.1. The highest BCUT2D eigenvalue weighted by Crippen LogP contribution is 2.42. The van der Waals surface area contributed by atoms with Gasteiger partial charge in [0.2, 0.25) is 0 Å². The molecule has 0 bridgehead atoms. The molecular weight excluding hydrogens is 417 g/mol. The van der Waals surface area contributed by atoms with Crippen molar-refractivity contribution in [2.45, 2.75) is 46.6 Å². The van der Waals surface area contributed by atoms with Crippen molar-refractivity contribution in [3.05, 3.63) is 104 Å². The summed E-state index contributed by atoms with van der Waals surface area (Å²) >= 11 is 0. The molecule has 0 amide bonds. The minimum absolute atomic E-state index is 0.0723. The molecular formula is C27H30FN3O2. The Kier molecular flexibility index (Phi) is 7.36. The van der Waals surface area contributed by atoms with Crippen LogP contribution in [0, 0.1) is 28.5 Å². The lowest BCUT2D eigenvalue weighted by Crippen LogP contribution is -2.39. The molecule has 1 atom stereocenters. The van der Waals surface area contributed by atoms with E-state index in [1.54, 1.807) is 25.3 Å². The van der Waals surface area contributed by atoms with Gasteiger partial charge in [-0.25, -0.2) is 4.39 Å². The Balaban J connectivity index is 2.20. The molecule has 5 nitrogen and oxygen atoms in total. The fourth-order valence-electron chi connectivity index (χ4n) is 4.38. The number of nitrogens with zero attached hydrogens (tertiary/aromatic N) is 3. The van der Waals surface area contributed by atoms with Gasteiger partial charge < -0.3 is 4.90 Å². The van der Waals surface area contributed by atoms with E-state index in [0.29, 0.717) is 28.7 Å². The maximum Gasteiger partial charge on any atom is 0.129 e. The lowest BCUT2D eigenvalue weighted by Gasteiger charge is -2.38. The standard InChI is InChI=1S/C27H30FN3O2/c1-7-20-13-25-23(12-22(20)11-21-10-8-9-17(4)27(21)28)18(5)24(19(6)30-33)15-31(25)26(14-29-32)16(2)3/h8-10,12-13,15-16,26H,5-7,11,14H2,1-4H3. The molecule has 1 unspecified atom stereocenters. The van der Waals surface area contributed by atoms with Gasteiger partial charge in [0.15, 0.2) is 0 Å². The minimum atomic E-state index is -0.214. The molecule has 0 spiro atoms. The Labute approximate surface area is 194 Å². The Morgan fingerprint density at radius 2 is 1.88 bits per heavy atom. The highest BCUT2D eigenvalue weighted by molar-refractivity contribution is 5.92. The Morgan fingerprint density at radius 1 is 1.15 bits per heavy atom. The summed E-state index contributed by atoms with van der Waals surface area (Å²) in [5.41, 5.74) is 6.22. The predicted molar refractivity (Wildman–Crippen MR) is 134 cm³/mol. The van der Waals surface area contributed by atoms with Crippen LogP contribution in [0.25, 0.3) is 5.57 Å². The number of fused-ring (bicyclic) bond motifs is 1. The molecule has 0 fully saturated rings. The van der Waals surface area contributed by atoms with E-state index in [4.69, 9.17) is 0 Å². The van der Waals surface area contributed by atoms with Crippen molar-refractivity contribution in [2.24, 2.45) is 16.3 Å². The van der Waals surface area contributed by atoms with Crippen molar-refractivity contribution >= 4 is 11.3 Å². The third-order valence-electron chi connectivity index (χ3n) is 6.36. The smallest absolute Gasteiger partial charge is 0.129 e. The number of benzene rings is 2. The molecule has 6 heteroatoms. The lowest BCUT2D eigenvalue weighted by molar-refractivity contribution is 0.488. The Hall–Kier alpha value is -3.41. The average molecular weight is 448 g/mol. The molecule has 1 aliphatic rings. The van der Waals surface area contributed by atoms with Crippen LogP contribution in [-0.2, 0) is 12.8 Å². The van der Waals surface area contributed by atoms with Crippen LogP contribution in [0.1, 0.15) is 48.6 Å². The van der Waals surface area contributed by atoms with E-state index in [-0.39, 0.29) is 30.0 Å². The molecule has 0 saturated heterocycles. The summed E-state index contributed by atoms with van der Waals surface area (Å²) < 4.78 is 14.8. The molecule has 0 aliphatic carbocycles. The van der Waals surface area contributed by atoms with Gasteiger partial charge in [-0.15, -0.1) is 4.91 Å². The van der Waals surface area contributed by atoms with E-state index >= 15 is 0 Å². The number of hydrogen-bond donors (Lipinski definition) is 0. The van der Waals surface area contributed by atoms with Gasteiger partial charge in [0.1, 0.15) is 18.1 Å². The summed E-state index contributed by atoms with van der Waals surface area (Å²) in [5.74, 6) is -0.0863. The molecule has 0 aromatic heterocycles. The van der Waals surface area contributed by atoms with Crippen molar-refractivity contribution in [1.29, 1.82) is 0 Å². The minimum Gasteiger partial charge on any atom is -0.341 e. The van der Waals surface area contributed by atoms with E-state index < -0.39 is 0 Å². The topological polar surface area (TPSA) is 62.1 Å². The molecule has 172 valence electrons. The van der Waals surface area contributed by atoms with Gasteiger partial charge in [-0.05, 0) is 64.4 Å². The van der Waals surface area contributed by atoms with Crippen molar-refractivity contribution in [2.75, 3.05) is 11.4 Å². The molecule has 0 saturated carbocycles. The zero-order valence-electron chi connectivity index (χ0n) is 19.7. The van der Waals surface area contributed by atoms with Gasteiger partial charge in [-0.1, -0.05) is 57.3 Å². The third-order valence-corrected chi connectivity index (χ3v) is 6.36. The lowest BCUT2D eigenvalue weighted by atomic mass is 9.86. The van der Waals surface area contributed by atoms with Gasteiger partial charge in [-0.3, -0.25) is 0 Å². The summed E-state index contributed by atoms with van der Waals surface area (Å²) in [6.45, 7) is 15.9.